The third-order valence-electron chi connectivity index (χ3n) is 5.37. The maximum Gasteiger partial charge on any atom is 0.418 e. The minimum absolute atomic E-state index is 0.122. The molecule has 142 valence electrons. The van der Waals surface area contributed by atoms with Crippen LogP contribution < -0.4 is 0 Å². The molecule has 2 fully saturated rings. The van der Waals surface area contributed by atoms with Crippen molar-refractivity contribution in [1.82, 2.24) is 0 Å². The van der Waals surface area contributed by atoms with Crippen LogP contribution in [0.5, 0.6) is 0 Å². The van der Waals surface area contributed by atoms with Gasteiger partial charge in [0.2, 0.25) is 0 Å². The highest BCUT2D eigenvalue weighted by molar-refractivity contribution is 6.29. The van der Waals surface area contributed by atoms with E-state index in [1.807, 2.05) is 34.6 Å². The van der Waals surface area contributed by atoms with Crippen molar-refractivity contribution in [3.05, 3.63) is 0 Å². The van der Waals surface area contributed by atoms with Crippen LogP contribution in [0.4, 0.5) is 0 Å². The lowest BCUT2D eigenvalue weighted by atomic mass is 9.44. The molecular formula is C19H30O6. The predicted octanol–water partition coefficient (Wildman–Crippen LogP) is 3.02. The number of hydrogen-bond acceptors (Lipinski definition) is 6. The number of carbonyl (C=O) groups is 3. The van der Waals surface area contributed by atoms with Gasteiger partial charge in [-0.1, -0.05) is 13.8 Å². The SMILES string of the molecule is COC(=O)C(=O)OC1(C(C)C)CC2(CC(CC(=O)OC(C)(C)C)C2)C1. The molecule has 6 heteroatoms. The van der Waals surface area contributed by atoms with E-state index in [-0.39, 0.29) is 17.3 Å². The number of esters is 3. The van der Waals surface area contributed by atoms with Crippen LogP contribution in [-0.4, -0.2) is 36.2 Å². The monoisotopic (exact) mass is 354 g/mol. The normalized spacial score (nSPS) is 31.1. The van der Waals surface area contributed by atoms with E-state index >= 15 is 0 Å². The highest BCUT2D eigenvalue weighted by atomic mass is 16.6. The number of rotatable bonds is 4. The van der Waals surface area contributed by atoms with Gasteiger partial charge in [-0.15, -0.1) is 0 Å². The molecule has 0 aliphatic heterocycles. The van der Waals surface area contributed by atoms with E-state index in [9.17, 15) is 14.4 Å². The summed E-state index contributed by atoms with van der Waals surface area (Å²) in [4.78, 5) is 35.1. The first-order valence-electron chi connectivity index (χ1n) is 8.93. The molecule has 0 aromatic carbocycles. The molecule has 2 aliphatic carbocycles. The van der Waals surface area contributed by atoms with Crippen molar-refractivity contribution in [3.8, 4) is 0 Å². The van der Waals surface area contributed by atoms with Gasteiger partial charge < -0.3 is 14.2 Å². The Hall–Kier alpha value is -1.59. The molecule has 2 rings (SSSR count). The van der Waals surface area contributed by atoms with Crippen molar-refractivity contribution in [2.45, 2.75) is 77.9 Å². The summed E-state index contributed by atoms with van der Waals surface area (Å²) in [5.41, 5.74) is -0.917. The fourth-order valence-electron chi connectivity index (χ4n) is 4.34. The summed E-state index contributed by atoms with van der Waals surface area (Å²) in [6, 6.07) is 0. The summed E-state index contributed by atoms with van der Waals surface area (Å²) in [5, 5.41) is 0. The number of methoxy groups -OCH3 is 1. The molecule has 2 aliphatic rings. The summed E-state index contributed by atoms with van der Waals surface area (Å²) < 4.78 is 15.3. The van der Waals surface area contributed by atoms with Crippen molar-refractivity contribution in [1.29, 1.82) is 0 Å². The van der Waals surface area contributed by atoms with E-state index in [2.05, 4.69) is 4.74 Å². The minimum atomic E-state index is -0.961. The first kappa shape index (κ1) is 19.7. The topological polar surface area (TPSA) is 78.9 Å². The maximum absolute atomic E-state index is 11.9. The van der Waals surface area contributed by atoms with E-state index in [0.29, 0.717) is 12.3 Å². The third kappa shape index (κ3) is 4.33. The molecule has 25 heavy (non-hydrogen) atoms. The predicted molar refractivity (Wildman–Crippen MR) is 90.5 cm³/mol. The van der Waals surface area contributed by atoms with Crippen LogP contribution in [0.15, 0.2) is 0 Å². The van der Waals surface area contributed by atoms with Gasteiger partial charge in [0, 0.05) is 6.42 Å². The summed E-state index contributed by atoms with van der Waals surface area (Å²) in [5.74, 6) is -1.58. The lowest BCUT2D eigenvalue weighted by molar-refractivity contribution is -0.230. The Balaban J connectivity index is 1.85. The van der Waals surface area contributed by atoms with Crippen LogP contribution in [0.25, 0.3) is 0 Å². The molecule has 0 saturated heterocycles. The Morgan fingerprint density at radius 1 is 1.08 bits per heavy atom. The molecule has 0 aromatic heterocycles. The van der Waals surface area contributed by atoms with Gasteiger partial charge in [-0.2, -0.15) is 0 Å². The fourth-order valence-corrected chi connectivity index (χ4v) is 4.34. The summed E-state index contributed by atoms with van der Waals surface area (Å²) in [6.07, 6.45) is 3.80. The molecule has 0 heterocycles. The molecule has 0 N–H and O–H groups in total. The molecule has 2 saturated carbocycles. The van der Waals surface area contributed by atoms with E-state index in [1.165, 1.54) is 7.11 Å². The highest BCUT2D eigenvalue weighted by Gasteiger charge is 2.63. The zero-order valence-electron chi connectivity index (χ0n) is 16.1. The standard InChI is InChI=1S/C19H30O6/c1-12(2)19(25-16(22)15(21)23-6)10-18(11-19)8-13(9-18)7-14(20)24-17(3,4)5/h12-13H,7-11H2,1-6H3. The summed E-state index contributed by atoms with van der Waals surface area (Å²) >= 11 is 0. The van der Waals surface area contributed by atoms with Gasteiger partial charge >= 0.3 is 17.9 Å². The summed E-state index contributed by atoms with van der Waals surface area (Å²) in [7, 11) is 1.17. The maximum atomic E-state index is 11.9. The second-order valence-electron chi connectivity index (χ2n) is 9.02. The van der Waals surface area contributed by atoms with Gasteiger partial charge in [0.1, 0.15) is 11.2 Å². The second kappa shape index (κ2) is 6.61. The highest BCUT2D eigenvalue weighted by Crippen LogP contribution is 2.66. The average molecular weight is 354 g/mol. The zero-order chi connectivity index (χ0) is 19.0. The zero-order valence-corrected chi connectivity index (χ0v) is 16.1. The van der Waals surface area contributed by atoms with Crippen LogP contribution >= 0.6 is 0 Å². The van der Waals surface area contributed by atoms with Gasteiger partial charge in [0.05, 0.1) is 7.11 Å². The minimum Gasteiger partial charge on any atom is -0.461 e. The summed E-state index contributed by atoms with van der Waals surface area (Å²) in [6.45, 7) is 9.59. The van der Waals surface area contributed by atoms with Gasteiger partial charge in [0.15, 0.2) is 0 Å². The van der Waals surface area contributed by atoms with Crippen molar-refractivity contribution < 1.29 is 28.6 Å². The largest absolute Gasteiger partial charge is 0.461 e. The van der Waals surface area contributed by atoms with Crippen molar-refractivity contribution >= 4 is 17.9 Å². The number of carbonyl (C=O) groups excluding carboxylic acids is 3. The Morgan fingerprint density at radius 3 is 2.08 bits per heavy atom. The lowest BCUT2D eigenvalue weighted by Crippen LogP contribution is -2.62. The quantitative estimate of drug-likeness (QED) is 0.439. The number of hydrogen-bond donors (Lipinski definition) is 0. The Labute approximate surface area is 149 Å². The number of ether oxygens (including phenoxy) is 3. The molecule has 1 spiro atoms. The fraction of sp³-hybridized carbons (Fsp3) is 0.842. The first-order chi connectivity index (χ1) is 11.4. The molecule has 0 radical (unpaired) electrons. The van der Waals surface area contributed by atoms with Gasteiger partial charge in [-0.05, 0) is 63.7 Å². The molecule has 0 aromatic rings. The first-order valence-corrected chi connectivity index (χ1v) is 8.93. The molecular weight excluding hydrogens is 324 g/mol. The Kier molecular flexibility index (Phi) is 5.22. The second-order valence-corrected chi connectivity index (χ2v) is 9.02. The smallest absolute Gasteiger partial charge is 0.418 e. The van der Waals surface area contributed by atoms with Crippen LogP contribution in [0, 0.1) is 17.3 Å². The van der Waals surface area contributed by atoms with E-state index in [4.69, 9.17) is 9.47 Å². The Morgan fingerprint density at radius 2 is 1.64 bits per heavy atom. The van der Waals surface area contributed by atoms with E-state index < -0.39 is 23.1 Å². The lowest BCUT2D eigenvalue weighted by Gasteiger charge is -2.63. The molecule has 0 amide bonds. The Bertz CT molecular complexity index is 543. The molecule has 6 nitrogen and oxygen atoms in total. The van der Waals surface area contributed by atoms with Crippen LogP contribution in [0.2, 0.25) is 0 Å². The average Bonchev–Trinajstić information content (AvgIpc) is 2.38. The molecule has 0 bridgehead atoms. The van der Waals surface area contributed by atoms with Gasteiger partial charge in [-0.25, -0.2) is 9.59 Å². The van der Waals surface area contributed by atoms with Crippen molar-refractivity contribution in [2.24, 2.45) is 17.3 Å². The van der Waals surface area contributed by atoms with Crippen LogP contribution in [0.3, 0.4) is 0 Å². The molecule has 0 unspecified atom stereocenters. The van der Waals surface area contributed by atoms with Crippen LogP contribution in [-0.2, 0) is 28.6 Å². The van der Waals surface area contributed by atoms with Crippen LogP contribution in [0.1, 0.15) is 66.7 Å². The van der Waals surface area contributed by atoms with Crippen molar-refractivity contribution in [3.63, 3.8) is 0 Å². The van der Waals surface area contributed by atoms with E-state index in [0.717, 1.165) is 25.7 Å². The third-order valence-corrected chi connectivity index (χ3v) is 5.37. The van der Waals surface area contributed by atoms with Crippen molar-refractivity contribution in [2.75, 3.05) is 7.11 Å². The van der Waals surface area contributed by atoms with Gasteiger partial charge in [0.25, 0.3) is 0 Å². The molecule has 0 atom stereocenters. The van der Waals surface area contributed by atoms with Gasteiger partial charge in [-0.3, -0.25) is 4.79 Å². The van der Waals surface area contributed by atoms with E-state index in [1.54, 1.807) is 0 Å².